The zero-order chi connectivity index (χ0) is 12.4. The highest BCUT2D eigenvalue weighted by Gasteiger charge is 2.39. The molecule has 5 nitrogen and oxygen atoms in total. The van der Waals surface area contributed by atoms with Crippen LogP contribution in [0.1, 0.15) is 12.8 Å². The van der Waals surface area contributed by atoms with E-state index >= 15 is 0 Å². The van der Waals surface area contributed by atoms with Crippen molar-refractivity contribution in [2.75, 3.05) is 46.9 Å². The number of rotatable bonds is 3. The Kier molecular flexibility index (Phi) is 3.89. The highest BCUT2D eigenvalue weighted by Crippen LogP contribution is 2.27. The number of urea groups is 1. The maximum atomic E-state index is 12.0. The van der Waals surface area contributed by atoms with Crippen LogP contribution in [0.5, 0.6) is 0 Å². The predicted octanol–water partition coefficient (Wildman–Crippen LogP) is 0.0565. The fraction of sp³-hybridized carbons (Fsp3) is 0.917. The summed E-state index contributed by atoms with van der Waals surface area (Å²) in [6.45, 7) is 3.53. The number of amides is 2. The molecular weight excluding hydrogens is 218 g/mol. The molecule has 2 rings (SSSR count). The number of aliphatic hydroxyl groups is 1. The summed E-state index contributed by atoms with van der Waals surface area (Å²) >= 11 is 0. The van der Waals surface area contributed by atoms with Crippen molar-refractivity contribution < 1.29 is 9.90 Å². The van der Waals surface area contributed by atoms with Crippen LogP contribution in [-0.4, -0.2) is 78.8 Å². The molecule has 2 amide bonds. The second-order valence-electron chi connectivity index (χ2n) is 5.30. The number of likely N-dealkylation sites (N-methyl/N-ethyl adjacent to an activating group) is 1. The summed E-state index contributed by atoms with van der Waals surface area (Å²) in [6.07, 6.45) is 2.43. The van der Waals surface area contributed by atoms with Gasteiger partial charge in [0, 0.05) is 26.7 Å². The lowest BCUT2D eigenvalue weighted by Gasteiger charge is -2.35. The third kappa shape index (κ3) is 2.55. The molecule has 5 heteroatoms. The van der Waals surface area contributed by atoms with E-state index in [1.54, 1.807) is 4.90 Å². The van der Waals surface area contributed by atoms with Gasteiger partial charge in [-0.15, -0.1) is 0 Å². The Bertz CT molecular complexity index is 285. The van der Waals surface area contributed by atoms with Gasteiger partial charge in [-0.1, -0.05) is 0 Å². The monoisotopic (exact) mass is 241 g/mol. The number of likely N-dealkylation sites (tertiary alicyclic amines) is 1. The summed E-state index contributed by atoms with van der Waals surface area (Å²) in [5.74, 6) is 0.575. The standard InChI is InChI=1S/C12H23N3O2/c1-13-5-3-4-10(8-13)11-9-15(6-7-16)12(17)14(11)2/h10-11,16H,3-9H2,1-2H3. The van der Waals surface area contributed by atoms with Crippen molar-refractivity contribution in [3.05, 3.63) is 0 Å². The molecule has 2 aliphatic rings. The number of aliphatic hydroxyl groups excluding tert-OH is 1. The van der Waals surface area contributed by atoms with Crippen LogP contribution in [0.2, 0.25) is 0 Å². The van der Waals surface area contributed by atoms with Crippen molar-refractivity contribution in [2.45, 2.75) is 18.9 Å². The van der Waals surface area contributed by atoms with Gasteiger partial charge in [-0.05, 0) is 32.4 Å². The first kappa shape index (κ1) is 12.6. The topological polar surface area (TPSA) is 47.0 Å². The van der Waals surface area contributed by atoms with Crippen molar-refractivity contribution >= 4 is 6.03 Å². The Labute approximate surface area is 103 Å². The average molecular weight is 241 g/mol. The van der Waals surface area contributed by atoms with E-state index in [-0.39, 0.29) is 12.6 Å². The maximum absolute atomic E-state index is 12.0. The molecule has 2 saturated heterocycles. The highest BCUT2D eigenvalue weighted by atomic mass is 16.3. The molecule has 0 bridgehead atoms. The van der Waals surface area contributed by atoms with E-state index in [1.165, 1.54) is 19.4 Å². The van der Waals surface area contributed by atoms with Crippen LogP contribution >= 0.6 is 0 Å². The Morgan fingerprint density at radius 2 is 2.12 bits per heavy atom. The summed E-state index contributed by atoms with van der Waals surface area (Å²) in [4.78, 5) is 17.9. The number of carbonyl (C=O) groups excluding carboxylic acids is 1. The Morgan fingerprint density at radius 1 is 1.35 bits per heavy atom. The van der Waals surface area contributed by atoms with Crippen LogP contribution in [0.3, 0.4) is 0 Å². The number of piperidine rings is 1. The predicted molar refractivity (Wildman–Crippen MR) is 65.8 cm³/mol. The normalized spacial score (nSPS) is 31.4. The summed E-state index contributed by atoms with van der Waals surface area (Å²) in [5, 5.41) is 8.95. The minimum atomic E-state index is 0.0524. The van der Waals surface area contributed by atoms with E-state index in [2.05, 4.69) is 11.9 Å². The number of hydrogen-bond acceptors (Lipinski definition) is 3. The van der Waals surface area contributed by atoms with Gasteiger partial charge in [-0.2, -0.15) is 0 Å². The molecule has 0 aromatic rings. The van der Waals surface area contributed by atoms with Crippen molar-refractivity contribution in [3.8, 4) is 0 Å². The molecule has 0 aliphatic carbocycles. The molecule has 2 heterocycles. The Morgan fingerprint density at radius 3 is 2.76 bits per heavy atom. The average Bonchev–Trinajstić information content (AvgIpc) is 2.58. The summed E-state index contributed by atoms with van der Waals surface area (Å²) in [7, 11) is 4.04. The van der Waals surface area contributed by atoms with Gasteiger partial charge in [0.1, 0.15) is 0 Å². The molecule has 2 aliphatic heterocycles. The minimum absolute atomic E-state index is 0.0524. The Hall–Kier alpha value is -0.810. The molecule has 0 saturated carbocycles. The summed E-state index contributed by atoms with van der Waals surface area (Å²) < 4.78 is 0. The zero-order valence-electron chi connectivity index (χ0n) is 10.8. The van der Waals surface area contributed by atoms with Gasteiger partial charge >= 0.3 is 6.03 Å². The smallest absolute Gasteiger partial charge is 0.320 e. The van der Waals surface area contributed by atoms with E-state index in [9.17, 15) is 4.79 Å². The zero-order valence-corrected chi connectivity index (χ0v) is 10.8. The van der Waals surface area contributed by atoms with E-state index in [0.29, 0.717) is 18.5 Å². The molecule has 98 valence electrons. The number of nitrogens with zero attached hydrogens (tertiary/aromatic N) is 3. The first-order chi connectivity index (χ1) is 8.13. The third-order valence-electron chi connectivity index (χ3n) is 4.05. The highest BCUT2D eigenvalue weighted by molar-refractivity contribution is 5.76. The second kappa shape index (κ2) is 5.23. The Balaban J connectivity index is 1.99. The largest absolute Gasteiger partial charge is 0.395 e. The first-order valence-electron chi connectivity index (χ1n) is 6.44. The lowest BCUT2D eigenvalue weighted by molar-refractivity contribution is 0.141. The third-order valence-corrected chi connectivity index (χ3v) is 4.05. The van der Waals surface area contributed by atoms with Crippen LogP contribution in [0.25, 0.3) is 0 Å². The fourth-order valence-electron chi connectivity index (χ4n) is 3.08. The fourth-order valence-corrected chi connectivity index (χ4v) is 3.08. The lowest BCUT2D eigenvalue weighted by Crippen LogP contribution is -2.44. The maximum Gasteiger partial charge on any atom is 0.320 e. The molecule has 0 spiro atoms. The van der Waals surface area contributed by atoms with Crippen LogP contribution in [0, 0.1) is 5.92 Å². The van der Waals surface area contributed by atoms with Gasteiger partial charge in [0.15, 0.2) is 0 Å². The second-order valence-corrected chi connectivity index (χ2v) is 5.30. The van der Waals surface area contributed by atoms with Crippen LogP contribution < -0.4 is 0 Å². The molecular formula is C12H23N3O2. The molecule has 1 N–H and O–H groups in total. The molecule has 2 fully saturated rings. The lowest BCUT2D eigenvalue weighted by atomic mass is 9.90. The molecule has 0 aromatic heterocycles. The first-order valence-corrected chi connectivity index (χ1v) is 6.44. The van der Waals surface area contributed by atoms with Gasteiger partial charge in [-0.3, -0.25) is 0 Å². The van der Waals surface area contributed by atoms with Crippen LogP contribution in [0.15, 0.2) is 0 Å². The van der Waals surface area contributed by atoms with Gasteiger partial charge in [-0.25, -0.2) is 4.79 Å². The SMILES string of the molecule is CN1CCCC(C2CN(CCO)C(=O)N2C)C1. The van der Waals surface area contributed by atoms with E-state index in [1.807, 2.05) is 11.9 Å². The molecule has 17 heavy (non-hydrogen) atoms. The van der Waals surface area contributed by atoms with Crippen LogP contribution in [0.4, 0.5) is 4.79 Å². The molecule has 2 unspecified atom stereocenters. The van der Waals surface area contributed by atoms with Gasteiger partial charge < -0.3 is 19.8 Å². The van der Waals surface area contributed by atoms with Crippen molar-refractivity contribution in [3.63, 3.8) is 0 Å². The quantitative estimate of drug-likeness (QED) is 0.760. The van der Waals surface area contributed by atoms with Crippen molar-refractivity contribution in [2.24, 2.45) is 5.92 Å². The van der Waals surface area contributed by atoms with E-state index < -0.39 is 0 Å². The molecule has 2 atom stereocenters. The number of carbonyl (C=O) groups is 1. The summed E-state index contributed by atoms with van der Waals surface area (Å²) in [6, 6.07) is 0.383. The summed E-state index contributed by atoms with van der Waals surface area (Å²) in [5.41, 5.74) is 0. The number of hydrogen-bond donors (Lipinski definition) is 1. The molecule has 0 radical (unpaired) electrons. The minimum Gasteiger partial charge on any atom is -0.395 e. The number of β-amino-alcohol motifs (C(OH)–C–C–N with tert-alkyl or cyclic N) is 1. The van der Waals surface area contributed by atoms with E-state index in [0.717, 1.165) is 13.1 Å². The van der Waals surface area contributed by atoms with Gasteiger partial charge in [0.25, 0.3) is 0 Å². The van der Waals surface area contributed by atoms with Crippen molar-refractivity contribution in [1.29, 1.82) is 0 Å². The van der Waals surface area contributed by atoms with Crippen molar-refractivity contribution in [1.82, 2.24) is 14.7 Å². The van der Waals surface area contributed by atoms with Crippen LogP contribution in [-0.2, 0) is 0 Å². The van der Waals surface area contributed by atoms with Gasteiger partial charge in [0.2, 0.25) is 0 Å². The van der Waals surface area contributed by atoms with E-state index in [4.69, 9.17) is 5.11 Å². The molecule has 0 aromatic carbocycles. The van der Waals surface area contributed by atoms with Gasteiger partial charge in [0.05, 0.1) is 12.6 Å².